The van der Waals surface area contributed by atoms with Gasteiger partial charge in [-0.15, -0.1) is 0 Å². The quantitative estimate of drug-likeness (QED) is 0.581. The molecule has 4 rings (SSSR count). The Balaban J connectivity index is 1.25. The number of hydrogen-bond donors (Lipinski definition) is 2. The molecule has 1 amide bonds. The molecule has 7 nitrogen and oxygen atoms in total. The van der Waals surface area contributed by atoms with Gasteiger partial charge in [0.15, 0.2) is 0 Å². The van der Waals surface area contributed by atoms with Crippen molar-refractivity contribution in [3.05, 3.63) is 65.7 Å². The number of rotatable bonds is 8. The van der Waals surface area contributed by atoms with Gasteiger partial charge in [0, 0.05) is 13.1 Å². The molecule has 0 unspecified atom stereocenters. The summed E-state index contributed by atoms with van der Waals surface area (Å²) < 4.78 is 34.2. The third-order valence-electron chi connectivity index (χ3n) is 7.17. The van der Waals surface area contributed by atoms with Crippen molar-refractivity contribution in [2.45, 2.75) is 68.6 Å². The number of amides is 1. The zero-order valence-corrected chi connectivity index (χ0v) is 21.1. The zero-order chi connectivity index (χ0) is 24.8. The Morgan fingerprint density at radius 2 is 1.71 bits per heavy atom. The molecule has 190 valence electrons. The number of hydrogen-bond acceptors (Lipinski definition) is 5. The molecule has 2 N–H and O–H groups in total. The molecule has 3 atom stereocenters. The van der Waals surface area contributed by atoms with E-state index in [-0.39, 0.29) is 29.9 Å². The standard InChI is InChI=1S/C27H36N2O5S/c1-20-7-10-24(11-8-20)35(32,33)28-25-12-9-23(34-26(25)19-30)18-27(31)29-15-13-22(14-16-29)17-21-5-3-2-4-6-21/h2-8,10-11,22-23,25-26,28,30H,9,12-19H2,1H3/t23-,25+,26-/m0/s1. The van der Waals surface area contributed by atoms with Crippen LogP contribution in [-0.2, 0) is 26.0 Å². The third-order valence-corrected chi connectivity index (χ3v) is 8.68. The van der Waals surface area contributed by atoms with Gasteiger partial charge in [-0.2, -0.15) is 0 Å². The summed E-state index contributed by atoms with van der Waals surface area (Å²) in [6.45, 7) is 3.10. The van der Waals surface area contributed by atoms with E-state index >= 15 is 0 Å². The van der Waals surface area contributed by atoms with Crippen molar-refractivity contribution < 1.29 is 23.1 Å². The first-order valence-electron chi connectivity index (χ1n) is 12.5. The lowest BCUT2D eigenvalue weighted by atomic mass is 9.90. The molecule has 2 aliphatic heterocycles. The lowest BCUT2D eigenvalue weighted by Crippen LogP contribution is -2.51. The summed E-state index contributed by atoms with van der Waals surface area (Å²) in [6.07, 6.45) is 3.37. The minimum Gasteiger partial charge on any atom is -0.394 e. The minimum atomic E-state index is -3.72. The van der Waals surface area contributed by atoms with Crippen LogP contribution in [0, 0.1) is 12.8 Å². The number of benzene rings is 2. The average molecular weight is 501 g/mol. The summed E-state index contributed by atoms with van der Waals surface area (Å²) in [5.74, 6) is 0.664. The number of carbonyl (C=O) groups excluding carboxylic acids is 1. The fourth-order valence-electron chi connectivity index (χ4n) is 5.06. The second-order valence-electron chi connectivity index (χ2n) is 9.82. The summed E-state index contributed by atoms with van der Waals surface area (Å²) in [7, 11) is -3.72. The predicted octanol–water partition coefficient (Wildman–Crippen LogP) is 3.05. The van der Waals surface area contributed by atoms with Crippen molar-refractivity contribution in [2.24, 2.45) is 5.92 Å². The van der Waals surface area contributed by atoms with E-state index in [1.807, 2.05) is 17.9 Å². The van der Waals surface area contributed by atoms with E-state index in [4.69, 9.17) is 4.74 Å². The van der Waals surface area contributed by atoms with Crippen LogP contribution in [0.1, 0.15) is 43.2 Å². The topological polar surface area (TPSA) is 95.9 Å². The summed E-state index contributed by atoms with van der Waals surface area (Å²) >= 11 is 0. The van der Waals surface area contributed by atoms with Gasteiger partial charge in [-0.05, 0) is 62.6 Å². The van der Waals surface area contributed by atoms with Crippen LogP contribution in [0.25, 0.3) is 0 Å². The van der Waals surface area contributed by atoms with Gasteiger partial charge in [0.2, 0.25) is 15.9 Å². The molecule has 35 heavy (non-hydrogen) atoms. The Kier molecular flexibility index (Phi) is 8.59. The maximum absolute atomic E-state index is 12.9. The smallest absolute Gasteiger partial charge is 0.240 e. The fraction of sp³-hybridized carbons (Fsp3) is 0.519. The number of aryl methyl sites for hydroxylation is 1. The van der Waals surface area contributed by atoms with E-state index in [0.29, 0.717) is 18.8 Å². The second-order valence-corrected chi connectivity index (χ2v) is 11.5. The fourth-order valence-corrected chi connectivity index (χ4v) is 6.36. The lowest BCUT2D eigenvalue weighted by molar-refractivity contribution is -0.141. The van der Waals surface area contributed by atoms with Gasteiger partial charge in [0.25, 0.3) is 0 Å². The maximum Gasteiger partial charge on any atom is 0.240 e. The number of likely N-dealkylation sites (tertiary alicyclic amines) is 1. The van der Waals surface area contributed by atoms with E-state index in [1.165, 1.54) is 5.56 Å². The van der Waals surface area contributed by atoms with E-state index in [2.05, 4.69) is 29.0 Å². The summed E-state index contributed by atoms with van der Waals surface area (Å²) in [5.41, 5.74) is 2.32. The van der Waals surface area contributed by atoms with Crippen LogP contribution in [0.4, 0.5) is 0 Å². The van der Waals surface area contributed by atoms with Crippen LogP contribution in [0.15, 0.2) is 59.5 Å². The summed E-state index contributed by atoms with van der Waals surface area (Å²) in [6, 6.07) is 16.6. The van der Waals surface area contributed by atoms with Crippen LogP contribution in [-0.4, -0.2) is 62.3 Å². The number of nitrogens with one attached hydrogen (secondary N) is 1. The SMILES string of the molecule is Cc1ccc(S(=O)(=O)N[C@@H]2CC[C@@H](CC(=O)N3CCC(Cc4ccccc4)CC3)O[C@H]2CO)cc1. The first-order chi connectivity index (χ1) is 16.8. The Labute approximate surface area is 208 Å². The van der Waals surface area contributed by atoms with Crippen LogP contribution in [0.5, 0.6) is 0 Å². The molecular formula is C27H36N2O5S. The third kappa shape index (κ3) is 6.91. The van der Waals surface area contributed by atoms with Crippen LogP contribution >= 0.6 is 0 Å². The molecule has 2 heterocycles. The van der Waals surface area contributed by atoms with Crippen molar-refractivity contribution >= 4 is 15.9 Å². The van der Waals surface area contributed by atoms with Gasteiger partial charge < -0.3 is 14.7 Å². The molecule has 2 saturated heterocycles. The van der Waals surface area contributed by atoms with E-state index < -0.39 is 22.2 Å². The van der Waals surface area contributed by atoms with Gasteiger partial charge in [-0.3, -0.25) is 4.79 Å². The monoisotopic (exact) mass is 500 g/mol. The number of aliphatic hydroxyl groups excluding tert-OH is 1. The van der Waals surface area contributed by atoms with Crippen LogP contribution in [0.3, 0.4) is 0 Å². The van der Waals surface area contributed by atoms with E-state index in [9.17, 15) is 18.3 Å². The molecule has 0 radical (unpaired) electrons. The first kappa shape index (κ1) is 25.8. The Morgan fingerprint density at radius 1 is 1.03 bits per heavy atom. The van der Waals surface area contributed by atoms with Crippen molar-refractivity contribution in [3.63, 3.8) is 0 Å². The molecule has 0 saturated carbocycles. The maximum atomic E-state index is 12.9. The number of aliphatic hydroxyl groups is 1. The highest BCUT2D eigenvalue weighted by Gasteiger charge is 2.35. The van der Waals surface area contributed by atoms with Gasteiger partial charge >= 0.3 is 0 Å². The molecule has 2 aromatic carbocycles. The van der Waals surface area contributed by atoms with E-state index in [1.54, 1.807) is 24.3 Å². The highest BCUT2D eigenvalue weighted by atomic mass is 32.2. The Hall–Kier alpha value is -2.26. The average Bonchev–Trinajstić information content (AvgIpc) is 2.86. The highest BCUT2D eigenvalue weighted by Crippen LogP contribution is 2.26. The molecule has 8 heteroatoms. The second kappa shape index (κ2) is 11.6. The number of nitrogens with zero attached hydrogens (tertiary/aromatic N) is 1. The van der Waals surface area contributed by atoms with Crippen LogP contribution in [0.2, 0.25) is 0 Å². The number of carbonyl (C=O) groups is 1. The van der Waals surface area contributed by atoms with Crippen molar-refractivity contribution in [3.8, 4) is 0 Å². The van der Waals surface area contributed by atoms with Crippen molar-refractivity contribution in [1.29, 1.82) is 0 Å². The Morgan fingerprint density at radius 3 is 2.37 bits per heavy atom. The highest BCUT2D eigenvalue weighted by molar-refractivity contribution is 7.89. The lowest BCUT2D eigenvalue weighted by Gasteiger charge is -2.37. The molecule has 0 aromatic heterocycles. The van der Waals surface area contributed by atoms with Crippen LogP contribution < -0.4 is 4.72 Å². The normalized spacial score (nSPS) is 23.8. The molecule has 0 aliphatic carbocycles. The van der Waals surface area contributed by atoms with Crippen molar-refractivity contribution in [2.75, 3.05) is 19.7 Å². The van der Waals surface area contributed by atoms with Gasteiger partial charge in [0.1, 0.15) is 0 Å². The first-order valence-corrected chi connectivity index (χ1v) is 14.0. The molecule has 0 bridgehead atoms. The summed E-state index contributed by atoms with van der Waals surface area (Å²) in [4.78, 5) is 15.0. The van der Waals surface area contributed by atoms with E-state index in [0.717, 1.165) is 37.9 Å². The largest absolute Gasteiger partial charge is 0.394 e. The summed E-state index contributed by atoms with van der Waals surface area (Å²) in [5, 5.41) is 9.86. The van der Waals surface area contributed by atoms with Gasteiger partial charge in [0.05, 0.1) is 36.2 Å². The number of ether oxygens (including phenoxy) is 1. The molecular weight excluding hydrogens is 464 g/mol. The molecule has 2 fully saturated rings. The van der Waals surface area contributed by atoms with Crippen molar-refractivity contribution in [1.82, 2.24) is 9.62 Å². The molecule has 0 spiro atoms. The molecule has 2 aromatic rings. The molecule has 2 aliphatic rings. The Bertz CT molecular complexity index is 1070. The predicted molar refractivity (Wildman–Crippen MR) is 134 cm³/mol. The van der Waals surface area contributed by atoms with Gasteiger partial charge in [-0.25, -0.2) is 13.1 Å². The number of piperidine rings is 1. The zero-order valence-electron chi connectivity index (χ0n) is 20.3. The van der Waals surface area contributed by atoms with Gasteiger partial charge in [-0.1, -0.05) is 48.0 Å². The minimum absolute atomic E-state index is 0.0727. The number of sulfonamides is 1.